The van der Waals surface area contributed by atoms with E-state index in [-0.39, 0.29) is 11.7 Å². The van der Waals surface area contributed by atoms with Crippen molar-refractivity contribution in [2.45, 2.75) is 6.23 Å². The highest BCUT2D eigenvalue weighted by Crippen LogP contribution is 2.31. The molecule has 0 bridgehead atoms. The summed E-state index contributed by atoms with van der Waals surface area (Å²) >= 11 is 3.30. The van der Waals surface area contributed by atoms with E-state index in [1.807, 2.05) is 0 Å². The van der Waals surface area contributed by atoms with Crippen molar-refractivity contribution in [2.24, 2.45) is 0 Å². The van der Waals surface area contributed by atoms with Crippen LogP contribution in [0.3, 0.4) is 0 Å². The van der Waals surface area contributed by atoms with E-state index >= 15 is 0 Å². The molecule has 5 heteroatoms. The number of carbonyl (C=O) groups is 1. The van der Waals surface area contributed by atoms with Crippen molar-refractivity contribution in [3.05, 3.63) is 63.9 Å². The molecule has 19 heavy (non-hydrogen) atoms. The Bertz CT molecular complexity index is 660. The van der Waals surface area contributed by atoms with Crippen LogP contribution in [-0.4, -0.2) is 5.91 Å². The van der Waals surface area contributed by atoms with Gasteiger partial charge in [-0.2, -0.15) is 0 Å². The maximum absolute atomic E-state index is 13.2. The Labute approximate surface area is 117 Å². The lowest BCUT2D eigenvalue weighted by atomic mass is 10.1. The van der Waals surface area contributed by atoms with Gasteiger partial charge in [0.25, 0.3) is 5.91 Å². The van der Waals surface area contributed by atoms with Gasteiger partial charge in [0.1, 0.15) is 11.6 Å². The zero-order valence-corrected chi connectivity index (χ0v) is 11.3. The molecule has 0 radical (unpaired) electrons. The lowest BCUT2D eigenvalue weighted by Crippen LogP contribution is -2.36. The van der Waals surface area contributed by atoms with E-state index in [0.717, 1.165) is 4.47 Å². The minimum absolute atomic E-state index is 0.239. The molecule has 1 unspecified atom stereocenters. The zero-order valence-electron chi connectivity index (χ0n) is 9.69. The lowest BCUT2D eigenvalue weighted by molar-refractivity contribution is 0.0755. The van der Waals surface area contributed by atoms with Crippen LogP contribution in [0.4, 0.5) is 4.39 Å². The van der Waals surface area contributed by atoms with Gasteiger partial charge in [-0.1, -0.05) is 28.1 Å². The largest absolute Gasteiger partial charge is 0.466 e. The molecular weight excluding hydrogens is 313 g/mol. The number of benzene rings is 2. The number of nitrogens with one attached hydrogen (secondary N) is 1. The first kappa shape index (κ1) is 12.2. The van der Waals surface area contributed by atoms with Crippen LogP contribution in [0.15, 0.2) is 46.9 Å². The van der Waals surface area contributed by atoms with Crippen LogP contribution in [0.2, 0.25) is 0 Å². The summed E-state index contributed by atoms with van der Waals surface area (Å²) in [5.74, 6) is -0.116. The van der Waals surface area contributed by atoms with Gasteiger partial charge < -0.3 is 10.1 Å². The second-order valence-electron chi connectivity index (χ2n) is 4.17. The van der Waals surface area contributed by atoms with E-state index in [4.69, 9.17) is 4.74 Å². The van der Waals surface area contributed by atoms with Gasteiger partial charge >= 0.3 is 0 Å². The fourth-order valence-electron chi connectivity index (χ4n) is 1.96. The third kappa shape index (κ3) is 2.33. The molecule has 0 fully saturated rings. The quantitative estimate of drug-likeness (QED) is 0.874. The molecule has 0 saturated heterocycles. The van der Waals surface area contributed by atoms with Crippen LogP contribution in [0.1, 0.15) is 22.1 Å². The summed E-state index contributed by atoms with van der Waals surface area (Å²) in [6, 6.07) is 11.2. The van der Waals surface area contributed by atoms with Crippen LogP contribution in [0.5, 0.6) is 5.75 Å². The molecule has 2 aromatic rings. The van der Waals surface area contributed by atoms with E-state index in [9.17, 15) is 9.18 Å². The molecule has 1 aliphatic rings. The first-order valence-corrected chi connectivity index (χ1v) is 6.45. The number of fused-ring (bicyclic) bond motifs is 1. The summed E-state index contributed by atoms with van der Waals surface area (Å²) in [5, 5.41) is 2.69. The zero-order chi connectivity index (χ0) is 13.4. The molecule has 96 valence electrons. The molecule has 3 nitrogen and oxygen atoms in total. The lowest BCUT2D eigenvalue weighted by Gasteiger charge is -2.27. The molecule has 1 heterocycles. The molecule has 1 atom stereocenters. The Morgan fingerprint density at radius 2 is 2.05 bits per heavy atom. The fraction of sp³-hybridized carbons (Fsp3) is 0.0714. The van der Waals surface area contributed by atoms with Crippen LogP contribution < -0.4 is 10.1 Å². The van der Waals surface area contributed by atoms with Crippen molar-refractivity contribution >= 4 is 21.8 Å². The number of rotatable bonds is 1. The van der Waals surface area contributed by atoms with Crippen LogP contribution in [0.25, 0.3) is 0 Å². The molecule has 0 aromatic heterocycles. The highest BCUT2D eigenvalue weighted by atomic mass is 79.9. The maximum atomic E-state index is 13.2. The molecule has 1 N–H and O–H groups in total. The Hall–Kier alpha value is -1.88. The first-order valence-electron chi connectivity index (χ1n) is 5.66. The number of halogens is 2. The van der Waals surface area contributed by atoms with Gasteiger partial charge in [-0.25, -0.2) is 4.39 Å². The monoisotopic (exact) mass is 321 g/mol. The smallest absolute Gasteiger partial charge is 0.258 e. The molecular formula is C14H9BrFNO2. The second-order valence-corrected chi connectivity index (χ2v) is 5.08. The van der Waals surface area contributed by atoms with Crippen molar-refractivity contribution in [3.8, 4) is 5.75 Å². The predicted molar refractivity (Wildman–Crippen MR) is 71.4 cm³/mol. The van der Waals surface area contributed by atoms with Gasteiger partial charge in [-0.3, -0.25) is 4.79 Å². The normalized spacial score (nSPS) is 17.4. The minimum atomic E-state index is -0.670. The summed E-state index contributed by atoms with van der Waals surface area (Å²) in [6.45, 7) is 0. The molecule has 1 amide bonds. The topological polar surface area (TPSA) is 38.3 Å². The molecule has 2 aromatic carbocycles. The summed E-state index contributed by atoms with van der Waals surface area (Å²) in [7, 11) is 0. The van der Waals surface area contributed by atoms with Crippen molar-refractivity contribution in [1.29, 1.82) is 0 Å². The molecule has 3 rings (SSSR count). The SMILES string of the molecule is O=C1NC(c2cccc(F)c2)Oc2ccc(Br)cc21. The maximum Gasteiger partial charge on any atom is 0.258 e. The van der Waals surface area contributed by atoms with Gasteiger partial charge in [0.05, 0.1) is 5.56 Å². The van der Waals surface area contributed by atoms with Gasteiger partial charge in [0.15, 0.2) is 6.23 Å². The second kappa shape index (κ2) is 4.66. The summed E-state index contributed by atoms with van der Waals surface area (Å²) < 4.78 is 19.7. The number of carbonyl (C=O) groups excluding carboxylic acids is 1. The number of amides is 1. The average Bonchev–Trinajstić information content (AvgIpc) is 2.39. The van der Waals surface area contributed by atoms with Crippen molar-refractivity contribution in [2.75, 3.05) is 0 Å². The summed E-state index contributed by atoms with van der Waals surface area (Å²) in [4.78, 5) is 12.0. The van der Waals surface area contributed by atoms with E-state index in [2.05, 4.69) is 21.2 Å². The van der Waals surface area contributed by atoms with Gasteiger partial charge in [-0.15, -0.1) is 0 Å². The van der Waals surface area contributed by atoms with Gasteiger partial charge in [-0.05, 0) is 30.3 Å². The predicted octanol–water partition coefficient (Wildman–Crippen LogP) is 3.41. The van der Waals surface area contributed by atoms with Gasteiger partial charge in [0, 0.05) is 10.0 Å². The summed E-state index contributed by atoms with van der Waals surface area (Å²) in [5.41, 5.74) is 1.03. The molecule has 0 aliphatic carbocycles. The Morgan fingerprint density at radius 1 is 1.21 bits per heavy atom. The third-order valence-corrected chi connectivity index (χ3v) is 3.34. The van der Waals surface area contributed by atoms with Crippen molar-refractivity contribution < 1.29 is 13.9 Å². The Balaban J connectivity index is 1.97. The van der Waals surface area contributed by atoms with Gasteiger partial charge in [0.2, 0.25) is 0 Å². The number of hydrogen-bond acceptors (Lipinski definition) is 2. The Morgan fingerprint density at radius 3 is 2.84 bits per heavy atom. The molecule has 1 aliphatic heterocycles. The van der Waals surface area contributed by atoms with E-state index in [1.165, 1.54) is 12.1 Å². The number of hydrogen-bond donors (Lipinski definition) is 1. The van der Waals surface area contributed by atoms with E-state index in [0.29, 0.717) is 16.9 Å². The van der Waals surface area contributed by atoms with Crippen LogP contribution in [0, 0.1) is 5.82 Å². The van der Waals surface area contributed by atoms with Crippen molar-refractivity contribution in [3.63, 3.8) is 0 Å². The Kier molecular flexibility index (Phi) is 2.98. The van der Waals surface area contributed by atoms with E-state index < -0.39 is 6.23 Å². The standard InChI is InChI=1S/C14H9BrFNO2/c15-9-4-5-12-11(7-9)13(18)17-14(19-12)8-2-1-3-10(16)6-8/h1-7,14H,(H,17,18). The molecule has 0 spiro atoms. The fourth-order valence-corrected chi connectivity index (χ4v) is 2.32. The third-order valence-electron chi connectivity index (χ3n) is 2.84. The van der Waals surface area contributed by atoms with Crippen molar-refractivity contribution in [1.82, 2.24) is 5.32 Å². The summed E-state index contributed by atoms with van der Waals surface area (Å²) in [6.07, 6.45) is -0.670. The molecule has 0 saturated carbocycles. The van der Waals surface area contributed by atoms with E-state index in [1.54, 1.807) is 30.3 Å². The van der Waals surface area contributed by atoms with Crippen LogP contribution >= 0.6 is 15.9 Å². The van der Waals surface area contributed by atoms with Crippen LogP contribution in [-0.2, 0) is 0 Å². The highest BCUT2D eigenvalue weighted by molar-refractivity contribution is 9.10. The highest BCUT2D eigenvalue weighted by Gasteiger charge is 2.26. The first-order chi connectivity index (χ1) is 9.13. The average molecular weight is 322 g/mol. The minimum Gasteiger partial charge on any atom is -0.466 e. The number of ether oxygens (including phenoxy) is 1.